The molecule has 41 heavy (non-hydrogen) atoms. The molecule has 1 aliphatic carbocycles. The number of nitrogens with one attached hydrogen (secondary N) is 3. The number of aryl methyl sites for hydroxylation is 1. The fraction of sp³-hybridized carbons (Fsp3) is 0.242. The fourth-order valence-corrected chi connectivity index (χ4v) is 6.09. The molecule has 8 heteroatoms. The SMILES string of the molecule is Cc1cc(CNCC2CCCC2)cc(-c2cc(F)c3n[nH]c(-c4nc5c(-c6cccc(F)c6)nccc5[nH]4)c3c2)c1. The van der Waals surface area contributed by atoms with E-state index in [2.05, 4.69) is 50.6 Å². The van der Waals surface area contributed by atoms with E-state index in [0.29, 0.717) is 33.7 Å². The summed E-state index contributed by atoms with van der Waals surface area (Å²) in [5.41, 5.74) is 7.39. The second kappa shape index (κ2) is 10.5. The molecule has 0 atom stereocenters. The van der Waals surface area contributed by atoms with Crippen molar-refractivity contribution in [2.75, 3.05) is 6.54 Å². The first-order valence-corrected chi connectivity index (χ1v) is 14.1. The highest BCUT2D eigenvalue weighted by atomic mass is 19.1. The Morgan fingerprint density at radius 1 is 0.927 bits per heavy atom. The minimum Gasteiger partial charge on any atom is -0.337 e. The van der Waals surface area contributed by atoms with E-state index in [1.54, 1.807) is 24.4 Å². The van der Waals surface area contributed by atoms with E-state index < -0.39 is 5.82 Å². The second-order valence-electron chi connectivity index (χ2n) is 11.1. The lowest BCUT2D eigenvalue weighted by Crippen LogP contribution is -2.20. The van der Waals surface area contributed by atoms with Gasteiger partial charge in [-0.2, -0.15) is 5.10 Å². The Balaban J connectivity index is 1.25. The Labute approximate surface area is 236 Å². The van der Waals surface area contributed by atoms with Gasteiger partial charge in [0.25, 0.3) is 0 Å². The van der Waals surface area contributed by atoms with E-state index in [9.17, 15) is 4.39 Å². The van der Waals surface area contributed by atoms with Gasteiger partial charge in [0.15, 0.2) is 11.6 Å². The Morgan fingerprint density at radius 3 is 2.63 bits per heavy atom. The van der Waals surface area contributed by atoms with Crippen LogP contribution >= 0.6 is 0 Å². The number of imidazole rings is 1. The molecule has 1 fully saturated rings. The van der Waals surface area contributed by atoms with Crippen LogP contribution < -0.4 is 5.32 Å². The molecule has 0 radical (unpaired) electrons. The summed E-state index contributed by atoms with van der Waals surface area (Å²) in [6.45, 7) is 3.89. The van der Waals surface area contributed by atoms with Crippen molar-refractivity contribution in [3.05, 3.63) is 89.6 Å². The van der Waals surface area contributed by atoms with Crippen LogP contribution in [0.25, 0.3) is 55.8 Å². The fourth-order valence-electron chi connectivity index (χ4n) is 6.09. The summed E-state index contributed by atoms with van der Waals surface area (Å²) < 4.78 is 29.3. The smallest absolute Gasteiger partial charge is 0.157 e. The zero-order valence-electron chi connectivity index (χ0n) is 22.8. The molecule has 0 aliphatic heterocycles. The predicted molar refractivity (Wildman–Crippen MR) is 158 cm³/mol. The van der Waals surface area contributed by atoms with Gasteiger partial charge in [-0.3, -0.25) is 10.1 Å². The lowest BCUT2D eigenvalue weighted by atomic mass is 9.98. The maximum atomic E-state index is 15.4. The highest BCUT2D eigenvalue weighted by molar-refractivity contribution is 5.97. The van der Waals surface area contributed by atoms with Gasteiger partial charge in [0, 0.05) is 23.7 Å². The van der Waals surface area contributed by atoms with Crippen molar-refractivity contribution in [2.24, 2.45) is 5.92 Å². The maximum absolute atomic E-state index is 15.4. The summed E-state index contributed by atoms with van der Waals surface area (Å²) in [6.07, 6.45) is 6.96. The number of rotatable bonds is 7. The third-order valence-electron chi connectivity index (χ3n) is 8.06. The van der Waals surface area contributed by atoms with Crippen LogP contribution in [0.1, 0.15) is 36.8 Å². The molecule has 1 aliphatic rings. The molecule has 6 aromatic rings. The van der Waals surface area contributed by atoms with Gasteiger partial charge >= 0.3 is 0 Å². The Hall–Kier alpha value is -4.43. The molecular weight excluding hydrogens is 518 g/mol. The number of benzene rings is 3. The van der Waals surface area contributed by atoms with Crippen LogP contribution in [-0.4, -0.2) is 31.7 Å². The molecule has 6 nitrogen and oxygen atoms in total. The zero-order valence-corrected chi connectivity index (χ0v) is 22.8. The van der Waals surface area contributed by atoms with Gasteiger partial charge in [-0.1, -0.05) is 42.7 Å². The lowest BCUT2D eigenvalue weighted by Gasteiger charge is -2.12. The minimum atomic E-state index is -0.402. The van der Waals surface area contributed by atoms with Crippen LogP contribution in [0.5, 0.6) is 0 Å². The number of H-pyrrole nitrogens is 2. The summed E-state index contributed by atoms with van der Waals surface area (Å²) in [6, 6.07) is 18.0. The molecule has 0 bridgehead atoms. The van der Waals surface area contributed by atoms with Crippen LogP contribution in [0.2, 0.25) is 0 Å². The lowest BCUT2D eigenvalue weighted by molar-refractivity contribution is 0.489. The number of hydrogen-bond donors (Lipinski definition) is 3. The molecule has 3 aromatic heterocycles. The van der Waals surface area contributed by atoms with Crippen molar-refractivity contribution >= 4 is 21.9 Å². The second-order valence-corrected chi connectivity index (χ2v) is 11.1. The third kappa shape index (κ3) is 5.00. The minimum absolute atomic E-state index is 0.249. The number of aromatic nitrogens is 5. The first-order chi connectivity index (χ1) is 20.0. The first kappa shape index (κ1) is 25.5. The van der Waals surface area contributed by atoms with E-state index in [-0.39, 0.29) is 11.3 Å². The average molecular weight is 549 g/mol. The summed E-state index contributed by atoms with van der Waals surface area (Å²) in [5, 5.41) is 11.5. The van der Waals surface area contributed by atoms with Crippen LogP contribution in [0.3, 0.4) is 0 Å². The van der Waals surface area contributed by atoms with E-state index >= 15 is 4.39 Å². The highest BCUT2D eigenvalue weighted by Crippen LogP contribution is 2.34. The molecule has 206 valence electrons. The standard InChI is InChI=1S/C33H30F2N6/c1-19-11-21(18-36-17-20-5-2-3-6-20)13-23(12-19)24-15-26-30(27(35)16-24)40-41-31(26)33-38-28-9-10-37-29(32(28)39-33)22-7-4-8-25(34)14-22/h4,7-16,20,36H,2-3,5-6,17-18H2,1H3,(H,38,39)(H,40,41). The van der Waals surface area contributed by atoms with Crippen molar-refractivity contribution in [2.45, 2.75) is 39.2 Å². The predicted octanol–water partition coefficient (Wildman–Crippen LogP) is 7.70. The number of halogens is 2. The Bertz CT molecular complexity index is 1880. The topological polar surface area (TPSA) is 82.3 Å². The van der Waals surface area contributed by atoms with Crippen LogP contribution in [0.15, 0.2) is 66.9 Å². The highest BCUT2D eigenvalue weighted by Gasteiger charge is 2.19. The first-order valence-electron chi connectivity index (χ1n) is 14.1. The number of hydrogen-bond acceptors (Lipinski definition) is 4. The van der Waals surface area contributed by atoms with Gasteiger partial charge in [0.1, 0.15) is 22.5 Å². The van der Waals surface area contributed by atoms with Crippen molar-refractivity contribution in [1.82, 2.24) is 30.5 Å². The van der Waals surface area contributed by atoms with E-state index in [0.717, 1.165) is 41.2 Å². The van der Waals surface area contributed by atoms with Gasteiger partial charge in [-0.05, 0) is 85.3 Å². The van der Waals surface area contributed by atoms with Gasteiger partial charge < -0.3 is 10.3 Å². The quantitative estimate of drug-likeness (QED) is 0.191. The van der Waals surface area contributed by atoms with E-state index in [1.807, 2.05) is 12.1 Å². The van der Waals surface area contributed by atoms with Gasteiger partial charge in [-0.25, -0.2) is 13.8 Å². The maximum Gasteiger partial charge on any atom is 0.157 e. The van der Waals surface area contributed by atoms with Crippen LogP contribution in [0.4, 0.5) is 8.78 Å². The van der Waals surface area contributed by atoms with E-state index in [1.165, 1.54) is 43.4 Å². The van der Waals surface area contributed by atoms with Crippen molar-refractivity contribution in [1.29, 1.82) is 0 Å². The molecule has 7 rings (SSSR count). The Kier molecular flexibility index (Phi) is 6.55. The molecular formula is C33H30F2N6. The van der Waals surface area contributed by atoms with Crippen molar-refractivity contribution in [3.63, 3.8) is 0 Å². The molecule has 0 saturated heterocycles. The van der Waals surface area contributed by atoms with Crippen LogP contribution in [-0.2, 0) is 6.54 Å². The van der Waals surface area contributed by atoms with Crippen molar-refractivity contribution in [3.8, 4) is 33.9 Å². The molecule has 3 heterocycles. The normalized spacial score (nSPS) is 14.0. The number of pyridine rings is 1. The van der Waals surface area contributed by atoms with Crippen molar-refractivity contribution < 1.29 is 8.78 Å². The summed E-state index contributed by atoms with van der Waals surface area (Å²) in [4.78, 5) is 12.6. The molecule has 0 spiro atoms. The largest absolute Gasteiger partial charge is 0.337 e. The van der Waals surface area contributed by atoms with Gasteiger partial charge in [-0.15, -0.1) is 0 Å². The molecule has 1 saturated carbocycles. The molecule has 0 amide bonds. The number of nitrogens with zero attached hydrogens (tertiary/aromatic N) is 3. The zero-order chi connectivity index (χ0) is 27.9. The number of fused-ring (bicyclic) bond motifs is 2. The molecule has 3 N–H and O–H groups in total. The van der Waals surface area contributed by atoms with Crippen LogP contribution in [0, 0.1) is 24.5 Å². The molecule has 3 aromatic carbocycles. The summed E-state index contributed by atoms with van der Waals surface area (Å²) in [7, 11) is 0. The number of aromatic amines is 2. The van der Waals surface area contributed by atoms with E-state index in [4.69, 9.17) is 4.98 Å². The summed E-state index contributed by atoms with van der Waals surface area (Å²) in [5.74, 6) is 0.532. The van der Waals surface area contributed by atoms with Gasteiger partial charge in [0.2, 0.25) is 0 Å². The molecule has 0 unspecified atom stereocenters. The monoisotopic (exact) mass is 548 g/mol. The average Bonchev–Trinajstić information content (AvgIpc) is 3.72. The summed E-state index contributed by atoms with van der Waals surface area (Å²) >= 11 is 0. The van der Waals surface area contributed by atoms with Gasteiger partial charge in [0.05, 0.1) is 11.2 Å². The Morgan fingerprint density at radius 2 is 1.78 bits per heavy atom. The third-order valence-corrected chi connectivity index (χ3v) is 8.06.